The molecule has 19 heavy (non-hydrogen) atoms. The van der Waals surface area contributed by atoms with Crippen LogP contribution >= 0.6 is 0 Å². The molecule has 6 heteroatoms. The minimum atomic E-state index is -1.83. The van der Waals surface area contributed by atoms with E-state index in [2.05, 4.69) is 42.8 Å². The molecule has 0 aliphatic heterocycles. The van der Waals surface area contributed by atoms with Crippen molar-refractivity contribution in [3.05, 3.63) is 0 Å². The van der Waals surface area contributed by atoms with Gasteiger partial charge in [-0.3, -0.25) is 0 Å². The van der Waals surface area contributed by atoms with E-state index in [0.717, 1.165) is 39.3 Å². The molecule has 0 aromatic carbocycles. The summed E-state index contributed by atoms with van der Waals surface area (Å²) in [5.74, 6) is 0. The average molecular weight is 277 g/mol. The number of hydrogen-bond acceptors (Lipinski definition) is 4. The van der Waals surface area contributed by atoms with Crippen molar-refractivity contribution in [2.45, 2.75) is 27.7 Å². The van der Waals surface area contributed by atoms with Crippen LogP contribution in [0.1, 0.15) is 27.7 Å². The van der Waals surface area contributed by atoms with E-state index in [1.54, 1.807) is 0 Å². The van der Waals surface area contributed by atoms with Gasteiger partial charge in [0.2, 0.25) is 0 Å². The largest absolute Gasteiger partial charge is 0.503 e. The second kappa shape index (κ2) is 15.2. The Balaban J connectivity index is 0. The van der Waals surface area contributed by atoms with E-state index in [9.17, 15) is 0 Å². The van der Waals surface area contributed by atoms with Gasteiger partial charge < -0.3 is 25.3 Å². The minimum Gasteiger partial charge on any atom is -0.450 e. The fraction of sp³-hybridized carbons (Fsp3) is 0.923. The zero-order valence-electron chi connectivity index (χ0n) is 12.9. The lowest BCUT2D eigenvalue weighted by molar-refractivity contribution is 0.137. The lowest BCUT2D eigenvalue weighted by atomic mass is 10.4. The van der Waals surface area contributed by atoms with Gasteiger partial charge in [-0.05, 0) is 26.2 Å². The van der Waals surface area contributed by atoms with Crippen LogP contribution in [0.15, 0.2) is 0 Å². The summed E-state index contributed by atoms with van der Waals surface area (Å²) in [7, 11) is 0. The molecule has 3 N–H and O–H groups in total. The number of likely N-dealkylation sites (N-methyl/N-ethyl adjacent to an activating group) is 2. The topological polar surface area (TPSA) is 76.0 Å². The molecule has 0 radical (unpaired) electrons. The first kappa shape index (κ1) is 20.5. The molecular formula is C13H31N3O3. The number of carboxylic acid groups (broad SMARTS) is 2. The summed E-state index contributed by atoms with van der Waals surface area (Å²) in [5, 5.41) is 17.4. The molecule has 0 saturated heterocycles. The zero-order chi connectivity index (χ0) is 15.1. The quantitative estimate of drug-likeness (QED) is 0.525. The highest BCUT2D eigenvalue weighted by Crippen LogP contribution is 1.86. The molecule has 0 aromatic rings. The molecule has 0 aliphatic carbocycles. The molecule has 0 bridgehead atoms. The molecule has 0 amide bonds. The van der Waals surface area contributed by atoms with E-state index in [-0.39, 0.29) is 0 Å². The molecule has 0 unspecified atom stereocenters. The molecule has 0 atom stereocenters. The predicted molar refractivity (Wildman–Crippen MR) is 79.1 cm³/mol. The Kier molecular flexibility index (Phi) is 16.4. The first-order chi connectivity index (χ1) is 9.01. The van der Waals surface area contributed by atoms with Gasteiger partial charge in [-0.2, -0.15) is 0 Å². The van der Waals surface area contributed by atoms with Crippen LogP contribution in [0.3, 0.4) is 0 Å². The molecular weight excluding hydrogens is 246 g/mol. The van der Waals surface area contributed by atoms with Crippen LogP contribution in [0.2, 0.25) is 0 Å². The highest BCUT2D eigenvalue weighted by atomic mass is 16.6. The van der Waals surface area contributed by atoms with Gasteiger partial charge >= 0.3 is 6.16 Å². The zero-order valence-corrected chi connectivity index (χ0v) is 12.9. The Morgan fingerprint density at radius 2 is 1.11 bits per heavy atom. The summed E-state index contributed by atoms with van der Waals surface area (Å²) in [6, 6.07) is 0. The molecule has 6 nitrogen and oxygen atoms in total. The van der Waals surface area contributed by atoms with Gasteiger partial charge in [-0.1, -0.05) is 27.7 Å². The van der Waals surface area contributed by atoms with Crippen LogP contribution in [0.4, 0.5) is 4.79 Å². The summed E-state index contributed by atoms with van der Waals surface area (Å²) in [5.41, 5.74) is 0. The van der Waals surface area contributed by atoms with Crippen molar-refractivity contribution in [3.63, 3.8) is 0 Å². The highest BCUT2D eigenvalue weighted by molar-refractivity contribution is 5.53. The molecule has 0 rings (SSSR count). The van der Waals surface area contributed by atoms with Crippen LogP contribution in [-0.2, 0) is 0 Å². The van der Waals surface area contributed by atoms with Crippen LogP contribution in [0.5, 0.6) is 0 Å². The van der Waals surface area contributed by atoms with Gasteiger partial charge in [0.1, 0.15) is 0 Å². The van der Waals surface area contributed by atoms with Crippen LogP contribution in [0.25, 0.3) is 0 Å². The van der Waals surface area contributed by atoms with Crippen molar-refractivity contribution in [3.8, 4) is 0 Å². The number of hydrogen-bond donors (Lipinski definition) is 3. The molecule has 0 heterocycles. The number of rotatable bonds is 10. The molecule has 0 saturated carbocycles. The monoisotopic (exact) mass is 277 g/mol. The summed E-state index contributed by atoms with van der Waals surface area (Å²) in [6.07, 6.45) is -1.83. The Hall–Kier alpha value is -0.850. The molecule has 0 aliphatic rings. The van der Waals surface area contributed by atoms with Gasteiger partial charge in [-0.25, -0.2) is 4.79 Å². The molecule has 0 aromatic heterocycles. The van der Waals surface area contributed by atoms with Crippen molar-refractivity contribution in [2.24, 2.45) is 0 Å². The third kappa shape index (κ3) is 17.1. The van der Waals surface area contributed by atoms with E-state index >= 15 is 0 Å². The maximum Gasteiger partial charge on any atom is 0.503 e. The van der Waals surface area contributed by atoms with Crippen molar-refractivity contribution in [1.82, 2.24) is 15.1 Å². The summed E-state index contributed by atoms with van der Waals surface area (Å²) < 4.78 is 0. The molecule has 0 fully saturated rings. The summed E-state index contributed by atoms with van der Waals surface area (Å²) in [6.45, 7) is 18.1. The third-order valence-corrected chi connectivity index (χ3v) is 3.00. The van der Waals surface area contributed by atoms with Crippen LogP contribution in [0, 0.1) is 0 Å². The van der Waals surface area contributed by atoms with Gasteiger partial charge in [0.05, 0.1) is 0 Å². The number of carbonyl (C=O) groups is 1. The predicted octanol–water partition coefficient (Wildman–Crippen LogP) is 1.48. The third-order valence-electron chi connectivity index (χ3n) is 3.00. The van der Waals surface area contributed by atoms with Crippen molar-refractivity contribution < 1.29 is 15.0 Å². The summed E-state index contributed by atoms with van der Waals surface area (Å²) >= 11 is 0. The highest BCUT2D eigenvalue weighted by Gasteiger charge is 1.99. The van der Waals surface area contributed by atoms with Gasteiger partial charge in [0.15, 0.2) is 0 Å². The lowest BCUT2D eigenvalue weighted by Gasteiger charge is -2.20. The average Bonchev–Trinajstić information content (AvgIpc) is 2.38. The van der Waals surface area contributed by atoms with E-state index < -0.39 is 6.16 Å². The van der Waals surface area contributed by atoms with E-state index in [4.69, 9.17) is 15.0 Å². The van der Waals surface area contributed by atoms with Crippen molar-refractivity contribution >= 4 is 6.16 Å². The van der Waals surface area contributed by atoms with Crippen molar-refractivity contribution in [2.75, 3.05) is 52.4 Å². The number of nitrogens with one attached hydrogen (secondary N) is 1. The van der Waals surface area contributed by atoms with Crippen LogP contribution < -0.4 is 5.32 Å². The number of nitrogens with zero attached hydrogens (tertiary/aromatic N) is 2. The normalized spacial score (nSPS) is 10.4. The van der Waals surface area contributed by atoms with Gasteiger partial charge in [-0.15, -0.1) is 0 Å². The first-order valence-corrected chi connectivity index (χ1v) is 7.08. The molecule has 0 spiro atoms. The maximum absolute atomic E-state index is 8.56. The fourth-order valence-electron chi connectivity index (χ4n) is 1.68. The smallest absolute Gasteiger partial charge is 0.450 e. The Morgan fingerprint density at radius 1 is 0.842 bits per heavy atom. The van der Waals surface area contributed by atoms with E-state index in [0.29, 0.717) is 0 Å². The van der Waals surface area contributed by atoms with Crippen molar-refractivity contribution in [1.29, 1.82) is 0 Å². The first-order valence-electron chi connectivity index (χ1n) is 7.08. The Bertz CT molecular complexity index is 178. The Labute approximate surface area is 117 Å². The van der Waals surface area contributed by atoms with E-state index in [1.807, 2.05) is 0 Å². The minimum absolute atomic E-state index is 1.11. The standard InChI is InChI=1S/C12H29N3.CH2O3/c1-5-14(6-2)11-9-13-10-12-15(7-3)8-4;2-1(3)4/h13H,5-12H2,1-4H3;(H2,2,3,4). The molecule has 116 valence electrons. The van der Waals surface area contributed by atoms with Gasteiger partial charge in [0, 0.05) is 26.2 Å². The van der Waals surface area contributed by atoms with E-state index in [1.165, 1.54) is 13.1 Å². The second-order valence-corrected chi connectivity index (χ2v) is 4.09. The second-order valence-electron chi connectivity index (χ2n) is 4.09. The maximum atomic E-state index is 8.56. The fourth-order valence-corrected chi connectivity index (χ4v) is 1.68. The SMILES string of the molecule is CCN(CC)CCNCCN(CC)CC.O=C(O)O. The van der Waals surface area contributed by atoms with Gasteiger partial charge in [0.25, 0.3) is 0 Å². The Morgan fingerprint density at radius 3 is 1.32 bits per heavy atom. The summed E-state index contributed by atoms with van der Waals surface area (Å²) in [4.78, 5) is 13.5. The lowest BCUT2D eigenvalue weighted by Crippen LogP contribution is -2.36. The van der Waals surface area contributed by atoms with Crippen LogP contribution in [-0.4, -0.2) is 78.5 Å².